The first kappa shape index (κ1) is 17.2. The number of ether oxygens (including phenoxy) is 1. The van der Waals surface area contributed by atoms with Crippen LogP contribution in [0.15, 0.2) is 17.1 Å². The zero-order valence-corrected chi connectivity index (χ0v) is 14.0. The van der Waals surface area contributed by atoms with Gasteiger partial charge in [-0.3, -0.25) is 4.57 Å². The largest absolute Gasteiger partial charge is 0.388 e. The molecule has 0 aliphatic carbocycles. The molecule has 4 atom stereocenters. The SMILES string of the molecule is C=P(C)(C)CC[C@H]1OC(n2ccc(NC)nc2=O)[C@H](O)[C@@H]1O. The summed E-state index contributed by atoms with van der Waals surface area (Å²) in [6, 6.07) is 1.61. The third kappa shape index (κ3) is 3.79. The molecule has 1 unspecified atom stereocenters. The van der Waals surface area contributed by atoms with E-state index in [0.29, 0.717) is 12.2 Å². The molecule has 124 valence electrons. The molecule has 0 amide bonds. The van der Waals surface area contributed by atoms with Gasteiger partial charge in [0.1, 0.15) is 18.0 Å². The van der Waals surface area contributed by atoms with Crippen LogP contribution in [0, 0.1) is 0 Å². The Labute approximate surface area is 129 Å². The Morgan fingerprint density at radius 3 is 2.68 bits per heavy atom. The number of hydrogen-bond donors (Lipinski definition) is 3. The normalized spacial score (nSPS) is 28.8. The van der Waals surface area contributed by atoms with Gasteiger partial charge < -0.3 is 20.3 Å². The van der Waals surface area contributed by atoms with E-state index in [1.165, 1.54) is 10.8 Å². The maximum absolute atomic E-state index is 12.0. The highest BCUT2D eigenvalue weighted by Gasteiger charge is 2.43. The average molecular weight is 329 g/mol. The van der Waals surface area contributed by atoms with Gasteiger partial charge in [-0.1, -0.05) is 0 Å². The van der Waals surface area contributed by atoms with Crippen molar-refractivity contribution in [1.82, 2.24) is 9.55 Å². The second-order valence-electron chi connectivity index (χ2n) is 6.25. The lowest BCUT2D eigenvalue weighted by molar-refractivity contribution is -0.0401. The van der Waals surface area contributed by atoms with E-state index in [0.717, 1.165) is 6.16 Å². The van der Waals surface area contributed by atoms with E-state index in [9.17, 15) is 15.0 Å². The zero-order valence-electron chi connectivity index (χ0n) is 13.1. The van der Waals surface area contributed by atoms with Crippen LogP contribution in [0.3, 0.4) is 0 Å². The van der Waals surface area contributed by atoms with E-state index in [1.807, 2.05) is 0 Å². The van der Waals surface area contributed by atoms with Crippen molar-refractivity contribution in [1.29, 1.82) is 0 Å². The Balaban J connectivity index is 2.16. The van der Waals surface area contributed by atoms with Gasteiger partial charge in [-0.25, -0.2) is 4.79 Å². The van der Waals surface area contributed by atoms with Crippen LogP contribution in [-0.2, 0) is 4.74 Å². The standard InChI is InChI=1S/C14H24N3O4P/c1-15-10-5-7-17(14(20)16-10)13-12(19)11(18)9(21-13)6-8-22(2,3)4/h5,7,9,11-13,18-19H,2,6,8H2,1,3-4H3,(H,15,16,20)/t9-,11-,12-,13?/m1/s1. The third-order valence-corrected chi connectivity index (χ3v) is 5.19. The Kier molecular flexibility index (Phi) is 5.12. The van der Waals surface area contributed by atoms with Gasteiger partial charge in [-0.15, -0.1) is 13.2 Å². The summed E-state index contributed by atoms with van der Waals surface area (Å²) < 4.78 is 6.92. The van der Waals surface area contributed by atoms with Gasteiger partial charge >= 0.3 is 5.69 Å². The summed E-state index contributed by atoms with van der Waals surface area (Å²) in [4.78, 5) is 15.8. The number of aliphatic hydroxyl groups is 2. The fourth-order valence-electron chi connectivity index (χ4n) is 2.42. The lowest BCUT2D eigenvalue weighted by Crippen LogP contribution is -2.35. The summed E-state index contributed by atoms with van der Waals surface area (Å²) >= 11 is 0. The lowest BCUT2D eigenvalue weighted by atomic mass is 10.1. The Hall–Kier alpha value is -1.14. The Morgan fingerprint density at radius 1 is 1.45 bits per heavy atom. The topological polar surface area (TPSA) is 96.6 Å². The van der Waals surface area contributed by atoms with Crippen LogP contribution in [0.25, 0.3) is 0 Å². The number of hydrogen-bond acceptors (Lipinski definition) is 6. The zero-order chi connectivity index (χ0) is 16.5. The summed E-state index contributed by atoms with van der Waals surface area (Å²) in [7, 11) is 1.66. The van der Waals surface area contributed by atoms with Gasteiger partial charge in [-0.2, -0.15) is 4.98 Å². The number of anilines is 1. The molecule has 3 N–H and O–H groups in total. The van der Waals surface area contributed by atoms with Crippen molar-refractivity contribution >= 4 is 19.0 Å². The molecular weight excluding hydrogens is 305 g/mol. The van der Waals surface area contributed by atoms with Gasteiger partial charge in [0.15, 0.2) is 6.23 Å². The summed E-state index contributed by atoms with van der Waals surface area (Å²) in [6.07, 6.45) is 3.48. The minimum absolute atomic E-state index is 0.439. The predicted molar refractivity (Wildman–Crippen MR) is 89.3 cm³/mol. The highest BCUT2D eigenvalue weighted by atomic mass is 31.2. The second kappa shape index (κ2) is 6.54. The molecule has 1 aromatic heterocycles. The summed E-state index contributed by atoms with van der Waals surface area (Å²) in [5, 5.41) is 23.1. The van der Waals surface area contributed by atoms with E-state index >= 15 is 0 Å². The van der Waals surface area contributed by atoms with E-state index in [4.69, 9.17) is 4.74 Å². The smallest absolute Gasteiger partial charge is 0.351 e. The van der Waals surface area contributed by atoms with Gasteiger partial charge in [0, 0.05) is 13.2 Å². The van der Waals surface area contributed by atoms with Crippen LogP contribution in [0.4, 0.5) is 5.82 Å². The first-order chi connectivity index (χ1) is 10.2. The van der Waals surface area contributed by atoms with Crippen LogP contribution in [0.5, 0.6) is 0 Å². The maximum atomic E-state index is 12.0. The minimum Gasteiger partial charge on any atom is -0.388 e. The molecule has 8 heteroatoms. The van der Waals surface area contributed by atoms with Crippen LogP contribution >= 0.6 is 6.89 Å². The molecular formula is C14H24N3O4P. The number of aromatic nitrogens is 2. The first-order valence-corrected chi connectivity index (χ1v) is 10.2. The molecule has 2 heterocycles. The number of nitrogens with zero attached hydrogens (tertiary/aromatic N) is 2. The molecule has 0 saturated carbocycles. The molecule has 0 bridgehead atoms. The summed E-state index contributed by atoms with van der Waals surface area (Å²) in [6.45, 7) is 2.97. The molecule has 2 rings (SSSR count). The van der Waals surface area contributed by atoms with Crippen molar-refractivity contribution in [2.45, 2.75) is 31.0 Å². The molecule has 1 aromatic rings. The Morgan fingerprint density at radius 2 is 2.14 bits per heavy atom. The molecule has 1 fully saturated rings. The highest BCUT2D eigenvalue weighted by molar-refractivity contribution is 7.72. The summed E-state index contributed by atoms with van der Waals surface area (Å²) in [5.74, 6) is 0.439. The lowest BCUT2D eigenvalue weighted by Gasteiger charge is -2.18. The highest BCUT2D eigenvalue weighted by Crippen LogP contribution is 2.39. The maximum Gasteiger partial charge on any atom is 0.351 e. The van der Waals surface area contributed by atoms with Crippen molar-refractivity contribution in [3.63, 3.8) is 0 Å². The third-order valence-electron chi connectivity index (χ3n) is 3.72. The molecule has 22 heavy (non-hydrogen) atoms. The van der Waals surface area contributed by atoms with Gasteiger partial charge in [-0.05, 0) is 32.0 Å². The van der Waals surface area contributed by atoms with Crippen molar-refractivity contribution in [3.8, 4) is 0 Å². The van der Waals surface area contributed by atoms with E-state index in [2.05, 4.69) is 29.9 Å². The van der Waals surface area contributed by atoms with Gasteiger partial charge in [0.2, 0.25) is 0 Å². The monoisotopic (exact) mass is 329 g/mol. The quantitative estimate of drug-likeness (QED) is 0.658. The fraction of sp³-hybridized carbons (Fsp3) is 0.643. The fourth-order valence-corrected chi connectivity index (χ4v) is 3.37. The molecule has 0 spiro atoms. The molecule has 0 aromatic carbocycles. The number of rotatable bonds is 5. The summed E-state index contributed by atoms with van der Waals surface area (Å²) in [5.41, 5.74) is -0.534. The van der Waals surface area contributed by atoms with Crippen LogP contribution in [0.1, 0.15) is 12.6 Å². The predicted octanol–water partition coefficient (Wildman–Crippen LogP) is 0.00350. The second-order valence-corrected chi connectivity index (χ2v) is 10.6. The minimum atomic E-state index is -1.24. The van der Waals surface area contributed by atoms with Crippen LogP contribution in [-0.4, -0.2) is 70.9 Å². The van der Waals surface area contributed by atoms with Crippen LogP contribution in [0.2, 0.25) is 0 Å². The van der Waals surface area contributed by atoms with Crippen molar-refractivity contribution in [2.24, 2.45) is 0 Å². The van der Waals surface area contributed by atoms with Crippen molar-refractivity contribution in [3.05, 3.63) is 22.7 Å². The van der Waals surface area contributed by atoms with Crippen molar-refractivity contribution in [2.75, 3.05) is 31.9 Å². The van der Waals surface area contributed by atoms with E-state index in [-0.39, 0.29) is 0 Å². The van der Waals surface area contributed by atoms with Gasteiger partial charge in [0.05, 0.1) is 6.10 Å². The van der Waals surface area contributed by atoms with Crippen LogP contribution < -0.4 is 11.0 Å². The molecule has 7 nitrogen and oxygen atoms in total. The average Bonchev–Trinajstić information content (AvgIpc) is 2.72. The van der Waals surface area contributed by atoms with E-state index < -0.39 is 37.1 Å². The molecule has 1 aliphatic rings. The number of nitrogens with one attached hydrogen (secondary N) is 1. The molecule has 1 saturated heterocycles. The molecule has 0 radical (unpaired) electrons. The van der Waals surface area contributed by atoms with Gasteiger partial charge in [0.25, 0.3) is 0 Å². The molecule has 1 aliphatic heterocycles. The van der Waals surface area contributed by atoms with Crippen molar-refractivity contribution < 1.29 is 14.9 Å². The van der Waals surface area contributed by atoms with E-state index in [1.54, 1.807) is 13.1 Å². The number of aliphatic hydroxyl groups excluding tert-OH is 2. The first-order valence-electron chi connectivity index (χ1n) is 7.19. The Bertz CT molecular complexity index is 627.